The quantitative estimate of drug-likeness (QED) is 0.624. The van der Waals surface area contributed by atoms with E-state index in [0.717, 1.165) is 0 Å². The monoisotopic (exact) mass is 272 g/mol. The van der Waals surface area contributed by atoms with Crippen molar-refractivity contribution in [3.05, 3.63) is 90.0 Å². The summed E-state index contributed by atoms with van der Waals surface area (Å²) in [4.78, 5) is 0. The minimum Gasteiger partial charge on any atom is -0.0991 e. The van der Waals surface area contributed by atoms with Crippen molar-refractivity contribution in [2.45, 2.75) is 19.3 Å². The van der Waals surface area contributed by atoms with E-state index in [0.29, 0.717) is 0 Å². The van der Waals surface area contributed by atoms with Gasteiger partial charge in [-0.2, -0.15) is 0 Å². The van der Waals surface area contributed by atoms with Crippen LogP contribution in [0.25, 0.3) is 17.2 Å². The minimum absolute atomic E-state index is 0.0761. The van der Waals surface area contributed by atoms with Gasteiger partial charge in [-0.25, -0.2) is 0 Å². The summed E-state index contributed by atoms with van der Waals surface area (Å²) in [6.07, 6.45) is 9.91. The van der Waals surface area contributed by atoms with Gasteiger partial charge < -0.3 is 0 Å². The van der Waals surface area contributed by atoms with Gasteiger partial charge in [0, 0.05) is 5.41 Å². The summed E-state index contributed by atoms with van der Waals surface area (Å²) in [5, 5.41) is 0. The van der Waals surface area contributed by atoms with E-state index in [-0.39, 0.29) is 5.41 Å². The van der Waals surface area contributed by atoms with Crippen LogP contribution in [-0.2, 0) is 5.41 Å². The van der Waals surface area contributed by atoms with Crippen LogP contribution >= 0.6 is 0 Å². The van der Waals surface area contributed by atoms with E-state index in [1.807, 2.05) is 12.2 Å². The largest absolute Gasteiger partial charge is 0.0991 e. The first-order valence-electron chi connectivity index (χ1n) is 7.35. The molecule has 0 saturated carbocycles. The van der Waals surface area contributed by atoms with Gasteiger partial charge in [0.25, 0.3) is 0 Å². The molecule has 0 radical (unpaired) electrons. The molecular formula is C21H20. The van der Waals surface area contributed by atoms with Gasteiger partial charge in [0.05, 0.1) is 0 Å². The molecule has 104 valence electrons. The van der Waals surface area contributed by atoms with Gasteiger partial charge in [-0.3, -0.25) is 0 Å². The van der Waals surface area contributed by atoms with E-state index in [2.05, 4.69) is 75.0 Å². The van der Waals surface area contributed by atoms with E-state index in [9.17, 15) is 0 Å². The van der Waals surface area contributed by atoms with Gasteiger partial charge in [0.1, 0.15) is 0 Å². The fourth-order valence-electron chi connectivity index (χ4n) is 3.13. The molecule has 2 aromatic rings. The molecule has 0 bridgehead atoms. The van der Waals surface area contributed by atoms with Crippen LogP contribution in [0.1, 0.15) is 30.5 Å². The van der Waals surface area contributed by atoms with Crippen molar-refractivity contribution in [1.29, 1.82) is 0 Å². The highest BCUT2D eigenvalue weighted by Crippen LogP contribution is 2.48. The lowest BCUT2D eigenvalue weighted by atomic mass is 9.82. The Morgan fingerprint density at radius 3 is 2.43 bits per heavy atom. The molecule has 0 amide bonds. The maximum Gasteiger partial charge on any atom is 0.0159 e. The van der Waals surface area contributed by atoms with Crippen LogP contribution < -0.4 is 0 Å². The molecule has 0 atom stereocenters. The lowest BCUT2D eigenvalue weighted by Gasteiger charge is -2.21. The standard InChI is InChI=1S/C21H20/c1-4-5-6-7-10-16-13-14-18-17-11-8-9-12-19(17)21(2,3)20(18)15-16/h4-15H,1H2,2-3H3/b6-5-,10-7-. The van der Waals surface area contributed by atoms with Crippen molar-refractivity contribution in [2.75, 3.05) is 0 Å². The Bertz CT molecular complexity index is 742. The van der Waals surface area contributed by atoms with Crippen LogP contribution in [0.15, 0.2) is 73.3 Å². The molecule has 0 spiro atoms. The predicted molar refractivity (Wildman–Crippen MR) is 92.4 cm³/mol. The molecule has 2 aromatic carbocycles. The number of fused-ring (bicyclic) bond motifs is 3. The summed E-state index contributed by atoms with van der Waals surface area (Å²) < 4.78 is 0. The zero-order chi connectivity index (χ0) is 14.9. The molecule has 0 heterocycles. The summed E-state index contributed by atoms with van der Waals surface area (Å²) in [6.45, 7) is 8.29. The van der Waals surface area contributed by atoms with Gasteiger partial charge in [-0.05, 0) is 27.8 Å². The molecule has 3 rings (SSSR count). The van der Waals surface area contributed by atoms with E-state index >= 15 is 0 Å². The SMILES string of the molecule is C=C/C=C\C=C/c1ccc2c(c1)C(C)(C)c1ccccc1-2. The fraction of sp³-hybridized carbons (Fsp3) is 0.143. The number of hydrogen-bond acceptors (Lipinski definition) is 0. The maximum atomic E-state index is 3.67. The van der Waals surface area contributed by atoms with Crippen LogP contribution in [0, 0.1) is 0 Å². The molecule has 0 saturated heterocycles. The summed E-state index contributed by atoms with van der Waals surface area (Å²) in [7, 11) is 0. The lowest BCUT2D eigenvalue weighted by Crippen LogP contribution is -2.14. The zero-order valence-electron chi connectivity index (χ0n) is 12.6. The van der Waals surface area contributed by atoms with Gasteiger partial charge in [-0.1, -0.05) is 93.3 Å². The van der Waals surface area contributed by atoms with E-state index in [1.165, 1.54) is 27.8 Å². The lowest BCUT2D eigenvalue weighted by molar-refractivity contribution is 0.660. The molecule has 0 unspecified atom stereocenters. The highest BCUT2D eigenvalue weighted by Gasteiger charge is 2.34. The highest BCUT2D eigenvalue weighted by molar-refractivity contribution is 5.81. The summed E-state index contributed by atoms with van der Waals surface area (Å²) in [5.41, 5.74) is 6.90. The van der Waals surface area contributed by atoms with E-state index in [4.69, 9.17) is 0 Å². The minimum atomic E-state index is 0.0761. The second kappa shape index (κ2) is 5.21. The first-order chi connectivity index (χ1) is 10.1. The Morgan fingerprint density at radius 1 is 0.857 bits per heavy atom. The van der Waals surface area contributed by atoms with E-state index < -0.39 is 0 Å². The van der Waals surface area contributed by atoms with Gasteiger partial charge in [-0.15, -0.1) is 0 Å². The first-order valence-corrected chi connectivity index (χ1v) is 7.35. The second-order valence-corrected chi connectivity index (χ2v) is 5.96. The summed E-state index contributed by atoms with van der Waals surface area (Å²) in [6, 6.07) is 15.5. The van der Waals surface area contributed by atoms with E-state index in [1.54, 1.807) is 6.08 Å². The molecule has 0 aliphatic heterocycles. The maximum absolute atomic E-state index is 3.67. The smallest absolute Gasteiger partial charge is 0.0159 e. The summed E-state index contributed by atoms with van der Waals surface area (Å²) >= 11 is 0. The topological polar surface area (TPSA) is 0 Å². The van der Waals surface area contributed by atoms with Crippen molar-refractivity contribution in [3.8, 4) is 11.1 Å². The van der Waals surface area contributed by atoms with Gasteiger partial charge in [0.15, 0.2) is 0 Å². The zero-order valence-corrected chi connectivity index (χ0v) is 12.6. The van der Waals surface area contributed by atoms with Crippen LogP contribution in [0.5, 0.6) is 0 Å². The molecule has 0 heteroatoms. The fourth-order valence-corrected chi connectivity index (χ4v) is 3.13. The third-order valence-corrected chi connectivity index (χ3v) is 4.25. The second-order valence-electron chi connectivity index (χ2n) is 5.96. The van der Waals surface area contributed by atoms with Crippen molar-refractivity contribution in [3.63, 3.8) is 0 Å². The van der Waals surface area contributed by atoms with Crippen molar-refractivity contribution >= 4 is 6.08 Å². The Labute approximate surface area is 127 Å². The molecular weight excluding hydrogens is 252 g/mol. The normalized spacial score (nSPS) is 15.3. The predicted octanol–water partition coefficient (Wildman–Crippen LogP) is 5.75. The Hall–Kier alpha value is -2.34. The number of hydrogen-bond donors (Lipinski definition) is 0. The van der Waals surface area contributed by atoms with Crippen molar-refractivity contribution in [2.24, 2.45) is 0 Å². The van der Waals surface area contributed by atoms with Crippen molar-refractivity contribution in [1.82, 2.24) is 0 Å². The highest BCUT2D eigenvalue weighted by atomic mass is 14.4. The average molecular weight is 272 g/mol. The molecule has 1 aliphatic carbocycles. The molecule has 0 nitrogen and oxygen atoms in total. The average Bonchev–Trinajstić information content (AvgIpc) is 2.73. The van der Waals surface area contributed by atoms with Crippen LogP contribution in [0.4, 0.5) is 0 Å². The number of allylic oxidation sites excluding steroid dienone is 4. The molecule has 0 N–H and O–H groups in total. The Morgan fingerprint density at radius 2 is 1.62 bits per heavy atom. The van der Waals surface area contributed by atoms with Crippen LogP contribution in [0.3, 0.4) is 0 Å². The first kappa shape index (κ1) is 13.6. The van der Waals surface area contributed by atoms with Gasteiger partial charge in [0.2, 0.25) is 0 Å². The molecule has 0 aromatic heterocycles. The summed E-state index contributed by atoms with van der Waals surface area (Å²) in [5.74, 6) is 0. The van der Waals surface area contributed by atoms with Crippen LogP contribution in [0.2, 0.25) is 0 Å². The van der Waals surface area contributed by atoms with Crippen molar-refractivity contribution < 1.29 is 0 Å². The van der Waals surface area contributed by atoms with Gasteiger partial charge >= 0.3 is 0 Å². The Balaban J connectivity index is 2.05. The molecule has 21 heavy (non-hydrogen) atoms. The number of rotatable bonds is 3. The van der Waals surface area contributed by atoms with Crippen LogP contribution in [-0.4, -0.2) is 0 Å². The molecule has 1 aliphatic rings. The molecule has 0 fully saturated rings. The number of benzene rings is 2. The third kappa shape index (κ3) is 2.27. The third-order valence-electron chi connectivity index (χ3n) is 4.25. The Kier molecular flexibility index (Phi) is 3.39.